The highest BCUT2D eigenvalue weighted by Crippen LogP contribution is 2.14. The second-order valence-electron chi connectivity index (χ2n) is 4.68. The van der Waals surface area contributed by atoms with Crippen molar-refractivity contribution in [3.05, 3.63) is 58.5 Å². The number of carbonyl (C=O) groups excluding carboxylic acids is 1. The molecule has 1 aromatic heterocycles. The molecule has 104 valence electrons. The van der Waals surface area contributed by atoms with Gasteiger partial charge in [0.2, 0.25) is 0 Å². The van der Waals surface area contributed by atoms with E-state index in [4.69, 9.17) is 0 Å². The molecule has 2 aromatic rings. The van der Waals surface area contributed by atoms with Crippen LogP contribution in [0.5, 0.6) is 0 Å². The molecule has 1 heterocycles. The smallest absolute Gasteiger partial charge is 0.268 e. The number of fused-ring (bicyclic) bond motifs is 1. The number of rotatable bonds is 4. The number of aryl methyl sites for hydroxylation is 1. The first kappa shape index (κ1) is 14.1. The van der Waals surface area contributed by atoms with Crippen LogP contribution >= 0.6 is 0 Å². The lowest BCUT2D eigenvalue weighted by Crippen LogP contribution is -2.32. The van der Waals surface area contributed by atoms with Crippen molar-refractivity contribution >= 4 is 16.7 Å². The Morgan fingerprint density at radius 3 is 2.80 bits per heavy atom. The summed E-state index contributed by atoms with van der Waals surface area (Å²) in [4.78, 5) is 24.6. The largest absolute Gasteiger partial charge is 0.351 e. The molecule has 0 fully saturated rings. The van der Waals surface area contributed by atoms with Crippen LogP contribution in [0, 0.1) is 6.92 Å². The molecule has 0 aliphatic heterocycles. The van der Waals surface area contributed by atoms with Crippen LogP contribution in [-0.2, 0) is 6.54 Å². The number of benzene rings is 1. The van der Waals surface area contributed by atoms with Crippen LogP contribution in [0.3, 0.4) is 0 Å². The van der Waals surface area contributed by atoms with E-state index in [2.05, 4.69) is 11.9 Å². The van der Waals surface area contributed by atoms with E-state index < -0.39 is 0 Å². The first-order valence-electron chi connectivity index (χ1n) is 6.61. The topological polar surface area (TPSA) is 51.1 Å². The summed E-state index contributed by atoms with van der Waals surface area (Å²) in [5.74, 6) is -0.242. The molecular weight excluding hydrogens is 252 g/mol. The van der Waals surface area contributed by atoms with Crippen molar-refractivity contribution in [2.75, 3.05) is 6.54 Å². The van der Waals surface area contributed by atoms with Crippen molar-refractivity contribution in [1.82, 2.24) is 9.88 Å². The van der Waals surface area contributed by atoms with Gasteiger partial charge in [-0.2, -0.15) is 0 Å². The number of hydrogen-bond donors (Lipinski definition) is 1. The van der Waals surface area contributed by atoms with Crippen LogP contribution in [-0.4, -0.2) is 17.0 Å². The molecule has 0 saturated carbocycles. The van der Waals surface area contributed by atoms with Gasteiger partial charge in [-0.05, 0) is 31.4 Å². The second kappa shape index (κ2) is 5.74. The Morgan fingerprint density at radius 2 is 2.15 bits per heavy atom. The highest BCUT2D eigenvalue weighted by Gasteiger charge is 2.14. The number of amides is 1. The van der Waals surface area contributed by atoms with E-state index in [1.807, 2.05) is 32.0 Å². The molecule has 4 heteroatoms. The number of nitrogens with zero attached hydrogens (tertiary/aromatic N) is 1. The molecule has 1 aromatic carbocycles. The average molecular weight is 270 g/mol. The number of carbonyl (C=O) groups is 1. The third-order valence-electron chi connectivity index (χ3n) is 3.15. The van der Waals surface area contributed by atoms with Gasteiger partial charge in [-0.3, -0.25) is 14.2 Å². The van der Waals surface area contributed by atoms with E-state index in [0.717, 1.165) is 10.9 Å². The van der Waals surface area contributed by atoms with Crippen LogP contribution in [0.2, 0.25) is 0 Å². The fourth-order valence-corrected chi connectivity index (χ4v) is 2.21. The predicted octanol–water partition coefficient (Wildman–Crippen LogP) is 2.25. The highest BCUT2D eigenvalue weighted by atomic mass is 16.2. The number of hydrogen-bond acceptors (Lipinski definition) is 2. The Balaban J connectivity index is 2.76. The zero-order valence-electron chi connectivity index (χ0n) is 11.8. The van der Waals surface area contributed by atoms with Crippen molar-refractivity contribution in [3.63, 3.8) is 0 Å². The van der Waals surface area contributed by atoms with Crippen molar-refractivity contribution in [1.29, 1.82) is 0 Å². The molecule has 0 bridgehead atoms. The fraction of sp³-hybridized carbons (Fsp3) is 0.250. The van der Waals surface area contributed by atoms with Crippen LogP contribution in [0.4, 0.5) is 0 Å². The summed E-state index contributed by atoms with van der Waals surface area (Å²) < 4.78 is 1.46. The first-order valence-corrected chi connectivity index (χ1v) is 6.61. The summed E-state index contributed by atoms with van der Waals surface area (Å²) in [6.45, 7) is 8.27. The molecule has 0 aliphatic rings. The minimum Gasteiger partial charge on any atom is -0.351 e. The Morgan fingerprint density at radius 1 is 1.40 bits per heavy atom. The van der Waals surface area contributed by atoms with E-state index >= 15 is 0 Å². The molecule has 4 nitrogen and oxygen atoms in total. The summed E-state index contributed by atoms with van der Waals surface area (Å²) in [5.41, 5.74) is 1.23. The molecular formula is C16H18N2O2. The highest BCUT2D eigenvalue weighted by molar-refractivity contribution is 5.96. The van der Waals surface area contributed by atoms with Gasteiger partial charge in [0.05, 0.1) is 0 Å². The van der Waals surface area contributed by atoms with E-state index in [1.165, 1.54) is 4.57 Å². The Hall–Kier alpha value is -2.36. The maximum Gasteiger partial charge on any atom is 0.268 e. The molecule has 1 amide bonds. The summed E-state index contributed by atoms with van der Waals surface area (Å²) in [7, 11) is 0. The molecule has 0 unspecified atom stereocenters. The van der Waals surface area contributed by atoms with Crippen molar-refractivity contribution in [3.8, 4) is 0 Å². The van der Waals surface area contributed by atoms with Gasteiger partial charge in [-0.1, -0.05) is 23.8 Å². The zero-order chi connectivity index (χ0) is 14.7. The lowest BCUT2D eigenvalue weighted by atomic mass is 10.1. The van der Waals surface area contributed by atoms with E-state index in [-0.39, 0.29) is 11.5 Å². The molecule has 0 radical (unpaired) electrons. The normalized spacial score (nSPS) is 10.5. The molecule has 0 aliphatic carbocycles. The lowest BCUT2D eigenvalue weighted by Gasteiger charge is -2.12. The van der Waals surface area contributed by atoms with Crippen LogP contribution in [0.15, 0.2) is 41.7 Å². The quantitative estimate of drug-likeness (QED) is 0.866. The number of pyridine rings is 1. The fourth-order valence-electron chi connectivity index (χ4n) is 2.21. The van der Waals surface area contributed by atoms with Gasteiger partial charge in [-0.15, -0.1) is 6.58 Å². The van der Waals surface area contributed by atoms with Gasteiger partial charge in [0.25, 0.3) is 11.5 Å². The van der Waals surface area contributed by atoms with E-state index in [0.29, 0.717) is 24.2 Å². The van der Waals surface area contributed by atoms with Gasteiger partial charge in [0.1, 0.15) is 5.69 Å². The van der Waals surface area contributed by atoms with Gasteiger partial charge in [0.15, 0.2) is 0 Å². The minimum absolute atomic E-state index is 0.160. The maximum atomic E-state index is 12.5. The number of nitrogens with one attached hydrogen (secondary N) is 1. The molecule has 1 N–H and O–H groups in total. The maximum absolute atomic E-state index is 12.5. The van der Waals surface area contributed by atoms with Crippen LogP contribution in [0.25, 0.3) is 10.8 Å². The zero-order valence-corrected chi connectivity index (χ0v) is 11.8. The summed E-state index contributed by atoms with van der Waals surface area (Å²) in [5, 5.41) is 4.14. The van der Waals surface area contributed by atoms with Gasteiger partial charge < -0.3 is 5.32 Å². The predicted molar refractivity (Wildman–Crippen MR) is 81.1 cm³/mol. The minimum atomic E-state index is -0.242. The Bertz CT molecular complexity index is 729. The van der Waals surface area contributed by atoms with Crippen LogP contribution < -0.4 is 10.9 Å². The summed E-state index contributed by atoms with van der Waals surface area (Å²) in [6.07, 6.45) is 1.62. The summed E-state index contributed by atoms with van der Waals surface area (Å²) in [6, 6.07) is 7.40. The van der Waals surface area contributed by atoms with Gasteiger partial charge in [-0.25, -0.2) is 0 Å². The Kier molecular flexibility index (Phi) is 4.03. The van der Waals surface area contributed by atoms with Gasteiger partial charge in [0, 0.05) is 18.5 Å². The molecule has 20 heavy (non-hydrogen) atoms. The molecule has 0 spiro atoms. The Labute approximate surface area is 117 Å². The third-order valence-corrected chi connectivity index (χ3v) is 3.15. The van der Waals surface area contributed by atoms with Crippen molar-refractivity contribution in [2.24, 2.45) is 0 Å². The standard InChI is InChI=1S/C16H18N2O2/c1-4-8-18-14(15(19)17-5-2)10-12-7-6-11(3)9-13(12)16(18)20/h4,6-7,9-10H,1,5,8H2,2-3H3,(H,17,19). The summed E-state index contributed by atoms with van der Waals surface area (Å²) >= 11 is 0. The van der Waals surface area contributed by atoms with E-state index in [9.17, 15) is 9.59 Å². The molecule has 2 rings (SSSR count). The third kappa shape index (κ3) is 2.50. The number of allylic oxidation sites excluding steroid dienone is 1. The average Bonchev–Trinajstić information content (AvgIpc) is 2.42. The van der Waals surface area contributed by atoms with Crippen LogP contribution in [0.1, 0.15) is 23.0 Å². The van der Waals surface area contributed by atoms with Crippen molar-refractivity contribution < 1.29 is 4.79 Å². The second-order valence-corrected chi connectivity index (χ2v) is 4.68. The lowest BCUT2D eigenvalue weighted by molar-refractivity contribution is 0.0946. The molecule has 0 atom stereocenters. The van der Waals surface area contributed by atoms with E-state index in [1.54, 1.807) is 12.1 Å². The number of aromatic nitrogens is 1. The SMILES string of the molecule is C=CCn1c(C(=O)NCC)cc2ccc(C)cc2c1=O. The monoisotopic (exact) mass is 270 g/mol. The molecule has 0 saturated heterocycles. The first-order chi connectivity index (χ1) is 9.58. The van der Waals surface area contributed by atoms with Gasteiger partial charge >= 0.3 is 0 Å². The van der Waals surface area contributed by atoms with Crippen molar-refractivity contribution in [2.45, 2.75) is 20.4 Å².